The number of para-hydroxylation sites is 1. The number of nitrogens with two attached hydrogens (primary N) is 1. The Labute approximate surface area is 257 Å². The van der Waals surface area contributed by atoms with Gasteiger partial charge in [0.25, 0.3) is 0 Å². The molecule has 43 heavy (non-hydrogen) atoms. The largest absolute Gasteiger partial charge is 0.452 e. The van der Waals surface area contributed by atoms with Crippen molar-refractivity contribution in [2.75, 3.05) is 10.6 Å². The molecular weight excluding hydrogens is 534 g/mol. The van der Waals surface area contributed by atoms with Gasteiger partial charge >= 0.3 is 6.03 Å². The van der Waals surface area contributed by atoms with Crippen LogP contribution in [-0.2, 0) is 4.79 Å². The van der Waals surface area contributed by atoms with Crippen molar-refractivity contribution < 1.29 is 9.59 Å². The molecule has 1 heterocycles. The zero-order valence-electron chi connectivity index (χ0n) is 26.1. The summed E-state index contributed by atoms with van der Waals surface area (Å²) in [4.78, 5) is 27.4. The molecule has 2 aromatic carbocycles. The Morgan fingerprint density at radius 1 is 0.907 bits per heavy atom. The molecule has 3 aliphatic carbocycles. The molecule has 0 bridgehead atoms. The molecule has 230 valence electrons. The van der Waals surface area contributed by atoms with E-state index in [0.717, 1.165) is 61.2 Å². The molecule has 2 atom stereocenters. The fourth-order valence-corrected chi connectivity index (χ4v) is 8.29. The number of nitrogens with one attached hydrogen (secondary N) is 2. The standard InChI is InChI=1S/C36H49N5O2/c1-25(2)32(37)34(42)38-27-15-17-28(18-16-27)41(29-19-23-36(24-20-29)21-9-4-10-22-36)35(43)39-31-14-8-7-13-30(31)33(40-41)26-11-5-3-6-12-26/h7-8,13-18,25-26,29,32H,3-6,9-12,19-24,37H2,1-2H3,(H-,38,39,40,42,43)/p+1. The lowest BCUT2D eigenvalue weighted by atomic mass is 9.64. The number of nitrogens with zero attached hydrogens (tertiary/aromatic N) is 2. The van der Waals surface area contributed by atoms with Crippen LogP contribution in [0.2, 0.25) is 0 Å². The molecule has 0 radical (unpaired) electrons. The van der Waals surface area contributed by atoms with Crippen molar-refractivity contribution in [2.45, 2.75) is 116 Å². The van der Waals surface area contributed by atoms with Crippen molar-refractivity contribution in [3.63, 3.8) is 0 Å². The second-order valence-corrected chi connectivity index (χ2v) is 14.1. The van der Waals surface area contributed by atoms with Crippen molar-refractivity contribution in [2.24, 2.45) is 28.1 Å². The minimum atomic E-state index is -0.579. The van der Waals surface area contributed by atoms with Gasteiger partial charge in [0, 0.05) is 42.1 Å². The van der Waals surface area contributed by atoms with E-state index in [-0.39, 0.29) is 28.5 Å². The number of amides is 3. The molecule has 3 amide bonds. The van der Waals surface area contributed by atoms with Crippen molar-refractivity contribution >= 4 is 34.7 Å². The fourth-order valence-electron chi connectivity index (χ4n) is 8.29. The molecule has 3 saturated carbocycles. The van der Waals surface area contributed by atoms with Gasteiger partial charge in [-0.3, -0.25) is 10.1 Å². The number of rotatable bonds is 6. The zero-order chi connectivity index (χ0) is 30.0. The van der Waals surface area contributed by atoms with E-state index in [1.807, 2.05) is 50.2 Å². The van der Waals surface area contributed by atoms with Crippen molar-refractivity contribution in [3.05, 3.63) is 54.1 Å². The van der Waals surface area contributed by atoms with E-state index in [0.29, 0.717) is 17.0 Å². The zero-order valence-corrected chi connectivity index (χ0v) is 26.1. The van der Waals surface area contributed by atoms with Gasteiger partial charge in [-0.05, 0) is 68.1 Å². The van der Waals surface area contributed by atoms with Crippen LogP contribution in [0.3, 0.4) is 0 Å². The van der Waals surface area contributed by atoms with Gasteiger partial charge in [0.05, 0.1) is 11.7 Å². The lowest BCUT2D eigenvalue weighted by molar-refractivity contribution is -0.118. The quantitative estimate of drug-likeness (QED) is 0.298. The Kier molecular flexibility index (Phi) is 8.74. The first-order valence-electron chi connectivity index (χ1n) is 16.9. The van der Waals surface area contributed by atoms with Crippen molar-refractivity contribution in [3.8, 4) is 0 Å². The lowest BCUT2D eigenvalue weighted by Crippen LogP contribution is -2.60. The van der Waals surface area contributed by atoms with Gasteiger partial charge in [0.2, 0.25) is 5.91 Å². The molecule has 4 aliphatic rings. The Morgan fingerprint density at radius 3 is 2.23 bits per heavy atom. The first-order valence-corrected chi connectivity index (χ1v) is 16.9. The highest BCUT2D eigenvalue weighted by Gasteiger charge is 2.53. The van der Waals surface area contributed by atoms with Crippen LogP contribution >= 0.6 is 0 Å². The van der Waals surface area contributed by atoms with Gasteiger partial charge < -0.3 is 11.1 Å². The third-order valence-corrected chi connectivity index (χ3v) is 11.0. The molecule has 0 saturated heterocycles. The number of urea groups is 1. The normalized spacial score (nSPS) is 25.4. The average Bonchev–Trinajstić information content (AvgIpc) is 3.16. The molecule has 4 N–H and O–H groups in total. The van der Waals surface area contributed by atoms with Crippen LogP contribution in [0.1, 0.15) is 109 Å². The summed E-state index contributed by atoms with van der Waals surface area (Å²) in [6, 6.07) is 15.4. The highest BCUT2D eigenvalue weighted by atomic mass is 16.2. The summed E-state index contributed by atoms with van der Waals surface area (Å²) in [5.41, 5.74) is 11.1. The van der Waals surface area contributed by atoms with Gasteiger partial charge in [-0.25, -0.2) is 4.79 Å². The molecule has 7 nitrogen and oxygen atoms in total. The Bertz CT molecular complexity index is 1330. The molecule has 6 rings (SSSR count). The molecular formula is C36H50N5O2+. The van der Waals surface area contributed by atoms with E-state index in [1.165, 1.54) is 51.4 Å². The SMILES string of the molecule is CC(C)C(N)C(=O)Nc1ccc([N+]2(C3CCC4(CCCCC4)CC3)N=C(C3CCCCC3)c3ccccc3NC2=O)cc1. The first kappa shape index (κ1) is 30.0. The van der Waals surface area contributed by atoms with Crippen LogP contribution in [0.5, 0.6) is 0 Å². The predicted molar refractivity (Wildman–Crippen MR) is 176 cm³/mol. The molecule has 1 aliphatic heterocycles. The molecule has 7 heteroatoms. The van der Waals surface area contributed by atoms with Gasteiger partial charge in [-0.15, -0.1) is 0 Å². The Hall–Kier alpha value is -3.03. The third-order valence-electron chi connectivity index (χ3n) is 11.0. The van der Waals surface area contributed by atoms with Crippen LogP contribution in [-0.4, -0.2) is 29.7 Å². The monoisotopic (exact) mass is 584 g/mol. The van der Waals surface area contributed by atoms with E-state index >= 15 is 0 Å². The lowest BCUT2D eigenvalue weighted by Gasteiger charge is -2.46. The maximum atomic E-state index is 14.7. The predicted octanol–water partition coefficient (Wildman–Crippen LogP) is 8.34. The summed E-state index contributed by atoms with van der Waals surface area (Å²) in [5.74, 6) is 0.184. The smallest absolute Gasteiger partial charge is 0.325 e. The minimum absolute atomic E-state index is 0.0434. The average molecular weight is 585 g/mol. The van der Waals surface area contributed by atoms with Crippen LogP contribution in [0, 0.1) is 17.3 Å². The molecule has 2 aromatic rings. The number of anilines is 2. The third kappa shape index (κ3) is 5.91. The molecule has 3 fully saturated rings. The molecule has 1 spiro atoms. The Balaban J connectivity index is 1.42. The highest BCUT2D eigenvalue weighted by Crippen LogP contribution is 2.51. The number of carbonyl (C=O) groups is 2. The number of quaternary nitrogens is 1. The summed E-state index contributed by atoms with van der Waals surface area (Å²) in [7, 11) is 0. The van der Waals surface area contributed by atoms with E-state index in [9.17, 15) is 9.59 Å². The number of fused-ring (bicyclic) bond motifs is 1. The topological polar surface area (TPSA) is 96.6 Å². The summed E-state index contributed by atoms with van der Waals surface area (Å²) >= 11 is 0. The van der Waals surface area contributed by atoms with E-state index in [4.69, 9.17) is 10.8 Å². The summed E-state index contributed by atoms with van der Waals surface area (Å²) < 4.78 is -0.0592. The Morgan fingerprint density at radius 2 is 1.56 bits per heavy atom. The first-order chi connectivity index (χ1) is 20.8. The van der Waals surface area contributed by atoms with Gasteiger partial charge in [0.1, 0.15) is 11.8 Å². The number of hydrogen-bond donors (Lipinski definition) is 3. The maximum Gasteiger partial charge on any atom is 0.452 e. The van der Waals surface area contributed by atoms with Crippen LogP contribution < -0.4 is 21.0 Å². The second-order valence-electron chi connectivity index (χ2n) is 14.1. The van der Waals surface area contributed by atoms with Crippen molar-refractivity contribution in [1.29, 1.82) is 0 Å². The number of hydrogen-bond acceptors (Lipinski definition) is 4. The summed E-state index contributed by atoms with van der Waals surface area (Å²) in [5, 5.41) is 12.0. The summed E-state index contributed by atoms with van der Waals surface area (Å²) in [6.07, 6.45) is 16.8. The van der Waals surface area contributed by atoms with Crippen molar-refractivity contribution in [1.82, 2.24) is 4.59 Å². The van der Waals surface area contributed by atoms with Crippen LogP contribution in [0.4, 0.5) is 21.9 Å². The maximum absolute atomic E-state index is 14.7. The van der Waals surface area contributed by atoms with Gasteiger partial charge in [-0.2, -0.15) is 0 Å². The van der Waals surface area contributed by atoms with E-state index in [1.54, 1.807) is 0 Å². The number of carbonyl (C=O) groups excluding carboxylic acids is 2. The number of benzene rings is 2. The highest BCUT2D eigenvalue weighted by molar-refractivity contribution is 6.13. The summed E-state index contributed by atoms with van der Waals surface area (Å²) in [6.45, 7) is 3.89. The van der Waals surface area contributed by atoms with E-state index in [2.05, 4.69) is 22.8 Å². The van der Waals surface area contributed by atoms with Crippen LogP contribution in [0.25, 0.3) is 0 Å². The second kappa shape index (κ2) is 12.5. The molecule has 0 aromatic heterocycles. The van der Waals surface area contributed by atoms with E-state index < -0.39 is 6.04 Å². The van der Waals surface area contributed by atoms with Gasteiger partial charge in [0.15, 0.2) is 5.69 Å². The molecule has 2 unspecified atom stereocenters. The van der Waals surface area contributed by atoms with Crippen LogP contribution in [0.15, 0.2) is 53.6 Å². The van der Waals surface area contributed by atoms with Gasteiger partial charge in [-0.1, -0.05) is 80.3 Å². The minimum Gasteiger partial charge on any atom is -0.325 e. The fraction of sp³-hybridized carbons (Fsp3) is 0.583.